The molecule has 1 aliphatic rings. The van der Waals surface area contributed by atoms with Gasteiger partial charge in [-0.15, -0.1) is 5.23 Å². The first kappa shape index (κ1) is 23.2. The molecule has 1 aromatic heterocycles. The first-order valence-electron chi connectivity index (χ1n) is 10.9. The summed E-state index contributed by atoms with van der Waals surface area (Å²) in [7, 11) is 0. The zero-order valence-electron chi connectivity index (χ0n) is 18.7. The normalized spacial score (nSPS) is 13.8. The minimum absolute atomic E-state index is 0.000592. The molecule has 1 saturated heterocycles. The molecular weight excluding hydrogens is 478 g/mol. The first-order valence-corrected chi connectivity index (χ1v) is 11.3. The van der Waals surface area contributed by atoms with Crippen LogP contribution in [0.2, 0.25) is 0 Å². The number of anilines is 3. The molecule has 5 rings (SSSR count). The fraction of sp³-hybridized carbons (Fsp3) is 0. The summed E-state index contributed by atoms with van der Waals surface area (Å²) in [6.07, 6.45) is 1.36. The summed E-state index contributed by atoms with van der Waals surface area (Å²) >= 11 is 5.60. The standard InChI is InChI=1S/C27H19N3O5S/c31-25-22(17-20-15-16-24(35-20)21-13-7-8-14-23(21)30(33)34)26(32)29(19-11-5-2-6-12-19)27(36)28(25)18-9-3-1-4-10-18/h1-17,33-34H. The summed E-state index contributed by atoms with van der Waals surface area (Å²) in [5.41, 5.74) is 1.41. The van der Waals surface area contributed by atoms with Crippen LogP contribution in [0.5, 0.6) is 0 Å². The Hall–Kier alpha value is -4.57. The van der Waals surface area contributed by atoms with E-state index in [9.17, 15) is 20.0 Å². The number of carbonyl (C=O) groups excluding carboxylic acids is 2. The highest BCUT2D eigenvalue weighted by Gasteiger charge is 2.41. The van der Waals surface area contributed by atoms with Gasteiger partial charge in [0.05, 0.1) is 11.4 Å². The van der Waals surface area contributed by atoms with E-state index in [1.807, 2.05) is 12.1 Å². The number of carbonyl (C=O) groups is 2. The van der Waals surface area contributed by atoms with E-state index in [0.29, 0.717) is 22.7 Å². The molecule has 2 amide bonds. The van der Waals surface area contributed by atoms with Gasteiger partial charge in [-0.1, -0.05) is 48.5 Å². The Balaban J connectivity index is 1.59. The molecule has 1 aliphatic heterocycles. The van der Waals surface area contributed by atoms with Gasteiger partial charge in [0.1, 0.15) is 22.8 Å². The highest BCUT2D eigenvalue weighted by Crippen LogP contribution is 2.33. The molecule has 2 N–H and O–H groups in total. The van der Waals surface area contributed by atoms with Crippen LogP contribution in [0, 0.1) is 0 Å². The van der Waals surface area contributed by atoms with E-state index >= 15 is 0 Å². The maximum atomic E-state index is 13.6. The molecule has 0 bridgehead atoms. The number of rotatable bonds is 5. The third kappa shape index (κ3) is 4.18. The summed E-state index contributed by atoms with van der Waals surface area (Å²) in [5.74, 6) is -0.623. The van der Waals surface area contributed by atoms with E-state index in [2.05, 4.69) is 0 Å². The van der Waals surface area contributed by atoms with Gasteiger partial charge >= 0.3 is 0 Å². The Morgan fingerprint density at radius 3 is 1.81 bits per heavy atom. The van der Waals surface area contributed by atoms with Gasteiger partial charge in [0.2, 0.25) is 0 Å². The molecule has 2 heterocycles. The van der Waals surface area contributed by atoms with Crippen molar-refractivity contribution in [3.05, 3.63) is 108 Å². The minimum atomic E-state index is -0.585. The second kappa shape index (κ2) is 9.59. The minimum Gasteiger partial charge on any atom is -0.457 e. The molecule has 36 heavy (non-hydrogen) atoms. The molecule has 0 saturated carbocycles. The van der Waals surface area contributed by atoms with E-state index in [1.165, 1.54) is 21.9 Å². The maximum absolute atomic E-state index is 13.6. The van der Waals surface area contributed by atoms with Crippen LogP contribution in [0.3, 0.4) is 0 Å². The lowest BCUT2D eigenvalue weighted by Gasteiger charge is -2.36. The molecule has 4 aromatic rings. The molecule has 3 aromatic carbocycles. The van der Waals surface area contributed by atoms with Crippen molar-refractivity contribution >= 4 is 52.3 Å². The topological polar surface area (TPSA) is 97.5 Å². The van der Waals surface area contributed by atoms with Crippen LogP contribution in [-0.2, 0) is 9.59 Å². The lowest BCUT2D eigenvalue weighted by molar-refractivity contribution is -0.120. The Kier molecular flexibility index (Phi) is 6.17. The molecule has 0 aliphatic carbocycles. The second-order valence-electron chi connectivity index (χ2n) is 7.80. The quantitative estimate of drug-likeness (QED) is 0.168. The highest BCUT2D eigenvalue weighted by molar-refractivity contribution is 7.81. The average molecular weight is 498 g/mol. The van der Waals surface area contributed by atoms with Crippen molar-refractivity contribution in [2.45, 2.75) is 0 Å². The molecule has 0 unspecified atom stereocenters. The van der Waals surface area contributed by atoms with Crippen LogP contribution >= 0.6 is 12.2 Å². The first-order chi connectivity index (χ1) is 17.5. The van der Waals surface area contributed by atoms with Gasteiger partial charge in [0.15, 0.2) is 5.11 Å². The Morgan fingerprint density at radius 2 is 1.25 bits per heavy atom. The molecule has 178 valence electrons. The monoisotopic (exact) mass is 497 g/mol. The van der Waals surface area contributed by atoms with Crippen LogP contribution in [0.1, 0.15) is 5.76 Å². The smallest absolute Gasteiger partial charge is 0.270 e. The molecule has 0 radical (unpaired) electrons. The number of furan rings is 1. The molecule has 9 heteroatoms. The summed E-state index contributed by atoms with van der Waals surface area (Å²) < 4.78 is 5.87. The maximum Gasteiger partial charge on any atom is 0.270 e. The Labute approximate surface area is 211 Å². The van der Waals surface area contributed by atoms with E-state index in [-0.39, 0.29) is 27.4 Å². The lowest BCUT2D eigenvalue weighted by Crippen LogP contribution is -2.56. The third-order valence-corrected chi connectivity index (χ3v) is 5.94. The number of thiocarbonyl (C=S) groups is 1. The summed E-state index contributed by atoms with van der Waals surface area (Å²) in [4.78, 5) is 29.7. The predicted molar refractivity (Wildman–Crippen MR) is 139 cm³/mol. The van der Waals surface area contributed by atoms with E-state index < -0.39 is 11.8 Å². The SMILES string of the molecule is O=C1C(=Cc2ccc(-c3ccccc3N(O)O)o2)C(=O)N(c2ccccc2)C(=S)N1c1ccccc1. The largest absolute Gasteiger partial charge is 0.457 e. The summed E-state index contributed by atoms with van der Waals surface area (Å²) in [5, 5.41) is 19.1. The van der Waals surface area contributed by atoms with Crippen LogP contribution in [0.4, 0.5) is 17.1 Å². The number of hydrogen-bond donors (Lipinski definition) is 2. The van der Waals surface area contributed by atoms with Crippen LogP contribution in [0.15, 0.2) is 107 Å². The third-order valence-electron chi connectivity index (χ3n) is 5.58. The fourth-order valence-corrected chi connectivity index (χ4v) is 4.29. The zero-order valence-corrected chi connectivity index (χ0v) is 19.5. The summed E-state index contributed by atoms with van der Waals surface area (Å²) in [6, 6.07) is 27.4. The van der Waals surface area contributed by atoms with Gasteiger partial charge in [-0.2, -0.15) is 0 Å². The summed E-state index contributed by atoms with van der Waals surface area (Å²) in [6.45, 7) is 0. The zero-order chi connectivity index (χ0) is 25.2. The molecule has 8 nitrogen and oxygen atoms in total. The number of para-hydroxylation sites is 3. The van der Waals surface area contributed by atoms with Crippen LogP contribution in [-0.4, -0.2) is 27.3 Å². The van der Waals surface area contributed by atoms with Gasteiger partial charge < -0.3 is 4.42 Å². The second-order valence-corrected chi connectivity index (χ2v) is 8.17. The van der Waals surface area contributed by atoms with Crippen molar-refractivity contribution in [1.82, 2.24) is 0 Å². The predicted octanol–water partition coefficient (Wildman–Crippen LogP) is 5.28. The molecule has 1 fully saturated rings. The number of hydrogen-bond acceptors (Lipinski definition) is 7. The van der Waals surface area contributed by atoms with Crippen molar-refractivity contribution in [2.24, 2.45) is 0 Å². The van der Waals surface area contributed by atoms with Gasteiger partial charge in [-0.25, -0.2) is 0 Å². The van der Waals surface area contributed by atoms with Crippen LogP contribution in [0.25, 0.3) is 17.4 Å². The van der Waals surface area contributed by atoms with Gasteiger partial charge in [-0.3, -0.25) is 29.8 Å². The van der Waals surface area contributed by atoms with E-state index in [1.54, 1.807) is 78.9 Å². The van der Waals surface area contributed by atoms with Gasteiger partial charge in [0, 0.05) is 5.56 Å². The van der Waals surface area contributed by atoms with E-state index in [4.69, 9.17) is 16.6 Å². The number of nitrogens with zero attached hydrogens (tertiary/aromatic N) is 3. The molecule has 0 atom stereocenters. The van der Waals surface area contributed by atoms with Crippen molar-refractivity contribution in [3.8, 4) is 11.3 Å². The number of benzene rings is 3. The Bertz CT molecular complexity index is 1420. The van der Waals surface area contributed by atoms with Gasteiger partial charge in [0.25, 0.3) is 11.8 Å². The van der Waals surface area contributed by atoms with Crippen molar-refractivity contribution in [3.63, 3.8) is 0 Å². The average Bonchev–Trinajstić information content (AvgIpc) is 3.36. The van der Waals surface area contributed by atoms with Crippen LogP contribution < -0.4 is 15.0 Å². The molecular formula is C27H19N3O5S. The lowest BCUT2D eigenvalue weighted by atomic mass is 10.1. The highest BCUT2D eigenvalue weighted by atomic mass is 32.1. The van der Waals surface area contributed by atoms with Crippen molar-refractivity contribution in [2.75, 3.05) is 15.0 Å². The van der Waals surface area contributed by atoms with Crippen molar-refractivity contribution < 1.29 is 24.4 Å². The Morgan fingerprint density at radius 1 is 0.722 bits per heavy atom. The molecule has 0 spiro atoms. The van der Waals surface area contributed by atoms with Crippen molar-refractivity contribution in [1.29, 1.82) is 0 Å². The van der Waals surface area contributed by atoms with Gasteiger partial charge in [-0.05, 0) is 66.8 Å². The number of amides is 2. The van der Waals surface area contributed by atoms with E-state index in [0.717, 1.165) is 0 Å². The fourth-order valence-electron chi connectivity index (χ4n) is 3.91.